The fourth-order valence-corrected chi connectivity index (χ4v) is 3.24. The number of nitrogens with one attached hydrogen (secondary N) is 2. The number of fused-ring (bicyclic) bond motifs is 2. The summed E-state index contributed by atoms with van der Waals surface area (Å²) >= 11 is 0. The van der Waals surface area contributed by atoms with Crippen LogP contribution in [0.1, 0.15) is 0 Å². The van der Waals surface area contributed by atoms with E-state index in [2.05, 4.69) is 42.9 Å². The Hall–Kier alpha value is -4.59. The van der Waals surface area contributed by atoms with Crippen LogP contribution in [-0.2, 0) is 4.79 Å². The highest BCUT2D eigenvalue weighted by molar-refractivity contribution is 5.98. The summed E-state index contributed by atoms with van der Waals surface area (Å²) in [6, 6.07) is 11.6. The molecule has 8 nitrogen and oxygen atoms in total. The molecule has 5 aromatic rings. The van der Waals surface area contributed by atoms with Crippen molar-refractivity contribution in [2.75, 3.05) is 5.32 Å². The van der Waals surface area contributed by atoms with Crippen LogP contribution in [0.5, 0.6) is 11.6 Å². The number of aromatic amines is 1. The molecular formula is C23H16N6O2. The molecule has 5 rings (SSSR count). The molecule has 31 heavy (non-hydrogen) atoms. The fraction of sp³-hybridized carbons (Fsp3) is 0. The first kappa shape index (κ1) is 18.4. The zero-order chi connectivity index (χ0) is 21.2. The van der Waals surface area contributed by atoms with Crippen LogP contribution in [0.15, 0.2) is 80.0 Å². The van der Waals surface area contributed by atoms with Crippen molar-refractivity contribution in [3.63, 3.8) is 0 Å². The van der Waals surface area contributed by atoms with E-state index in [1.807, 2.05) is 30.5 Å². The van der Waals surface area contributed by atoms with Gasteiger partial charge < -0.3 is 15.0 Å². The van der Waals surface area contributed by atoms with Gasteiger partial charge in [-0.3, -0.25) is 14.8 Å². The van der Waals surface area contributed by atoms with E-state index >= 15 is 0 Å². The van der Waals surface area contributed by atoms with Crippen molar-refractivity contribution in [3.05, 3.63) is 80.0 Å². The number of anilines is 1. The molecule has 1 aromatic carbocycles. The monoisotopic (exact) mass is 408 g/mol. The van der Waals surface area contributed by atoms with E-state index in [0.29, 0.717) is 28.5 Å². The number of H-pyrrole nitrogens is 1. The molecule has 0 saturated carbocycles. The van der Waals surface area contributed by atoms with Crippen LogP contribution in [-0.4, -0.2) is 30.8 Å². The summed E-state index contributed by atoms with van der Waals surface area (Å²) in [5, 5.41) is 3.68. The Morgan fingerprint density at radius 1 is 1.13 bits per heavy atom. The van der Waals surface area contributed by atoms with Crippen LogP contribution in [0.25, 0.3) is 33.2 Å². The molecular weight excluding hydrogens is 392 g/mol. The number of aromatic nitrogens is 5. The predicted molar refractivity (Wildman–Crippen MR) is 118 cm³/mol. The van der Waals surface area contributed by atoms with Crippen molar-refractivity contribution in [2.45, 2.75) is 0 Å². The zero-order valence-electron chi connectivity index (χ0n) is 16.2. The van der Waals surface area contributed by atoms with E-state index < -0.39 is 0 Å². The molecule has 4 heterocycles. The van der Waals surface area contributed by atoms with E-state index in [1.54, 1.807) is 12.3 Å². The summed E-state index contributed by atoms with van der Waals surface area (Å²) < 4.78 is 5.84. The molecule has 1 amide bonds. The lowest BCUT2D eigenvalue weighted by molar-refractivity contribution is -0.111. The zero-order valence-corrected chi connectivity index (χ0v) is 16.2. The van der Waals surface area contributed by atoms with Crippen molar-refractivity contribution < 1.29 is 9.53 Å². The van der Waals surface area contributed by atoms with E-state index in [9.17, 15) is 4.79 Å². The van der Waals surface area contributed by atoms with Gasteiger partial charge in [0.25, 0.3) is 0 Å². The highest BCUT2D eigenvalue weighted by Gasteiger charge is 2.12. The molecule has 0 saturated heterocycles. The second-order valence-corrected chi connectivity index (χ2v) is 6.72. The largest absolute Gasteiger partial charge is 0.436 e. The van der Waals surface area contributed by atoms with Gasteiger partial charge in [0.1, 0.15) is 11.3 Å². The Bertz CT molecular complexity index is 1440. The first-order valence-corrected chi connectivity index (χ1v) is 9.45. The summed E-state index contributed by atoms with van der Waals surface area (Å²) in [7, 11) is 0. The molecule has 0 spiro atoms. The number of hydrogen-bond acceptors (Lipinski definition) is 6. The van der Waals surface area contributed by atoms with Gasteiger partial charge in [-0.1, -0.05) is 18.7 Å². The number of amides is 1. The third-order valence-corrected chi connectivity index (χ3v) is 4.66. The van der Waals surface area contributed by atoms with Gasteiger partial charge in [-0.25, -0.2) is 9.97 Å². The number of hydrogen-bond donors (Lipinski definition) is 2. The summed E-state index contributed by atoms with van der Waals surface area (Å²) in [6.45, 7) is 3.43. The van der Waals surface area contributed by atoms with Crippen LogP contribution < -0.4 is 10.1 Å². The third-order valence-electron chi connectivity index (χ3n) is 4.66. The van der Waals surface area contributed by atoms with Crippen LogP contribution in [0.4, 0.5) is 5.69 Å². The smallest absolute Gasteiger partial charge is 0.247 e. The van der Waals surface area contributed by atoms with E-state index in [4.69, 9.17) is 4.74 Å². The van der Waals surface area contributed by atoms with Crippen LogP contribution in [0.3, 0.4) is 0 Å². The fourth-order valence-electron chi connectivity index (χ4n) is 3.24. The summed E-state index contributed by atoms with van der Waals surface area (Å²) in [5.74, 6) is 0.400. The predicted octanol–water partition coefficient (Wildman–Crippen LogP) is 4.48. The Kier molecular flexibility index (Phi) is 4.57. The van der Waals surface area contributed by atoms with Gasteiger partial charge >= 0.3 is 0 Å². The van der Waals surface area contributed by atoms with Crippen LogP contribution in [0, 0.1) is 0 Å². The normalized spacial score (nSPS) is 10.8. The minimum Gasteiger partial charge on any atom is -0.436 e. The topological polar surface area (TPSA) is 106 Å². The van der Waals surface area contributed by atoms with Crippen LogP contribution in [0.2, 0.25) is 0 Å². The standard InChI is InChI=1S/C23H16N6O2/c1-2-20(30)28-16-9-17(11-24-10-16)31-21-13-27-23-22(29-21)18(12-26-23)14-5-6-19-15(8-14)4-3-7-25-19/h2-13H,1H2,(H,26,27)(H,28,30). The van der Waals surface area contributed by atoms with E-state index in [0.717, 1.165) is 22.0 Å². The minimum atomic E-state index is -0.331. The first-order chi connectivity index (χ1) is 15.2. The Labute approximate surface area is 176 Å². The maximum Gasteiger partial charge on any atom is 0.247 e. The molecule has 150 valence electrons. The van der Waals surface area contributed by atoms with Crippen molar-refractivity contribution >= 4 is 33.7 Å². The van der Waals surface area contributed by atoms with Gasteiger partial charge in [-0.2, -0.15) is 0 Å². The highest BCUT2D eigenvalue weighted by Crippen LogP contribution is 2.30. The number of ether oxygens (including phenoxy) is 1. The second kappa shape index (κ2) is 7.68. The Balaban J connectivity index is 1.48. The lowest BCUT2D eigenvalue weighted by Gasteiger charge is -2.07. The van der Waals surface area contributed by atoms with E-state index in [1.165, 1.54) is 24.7 Å². The van der Waals surface area contributed by atoms with Gasteiger partial charge in [0, 0.05) is 29.4 Å². The number of carbonyl (C=O) groups excluding carboxylic acids is 1. The summed E-state index contributed by atoms with van der Waals surface area (Å²) in [4.78, 5) is 32.1. The first-order valence-electron chi connectivity index (χ1n) is 9.45. The quantitative estimate of drug-likeness (QED) is 0.415. The number of benzene rings is 1. The molecule has 0 aliphatic carbocycles. The van der Waals surface area contributed by atoms with Crippen LogP contribution >= 0.6 is 0 Å². The molecule has 0 fully saturated rings. The average molecular weight is 408 g/mol. The summed E-state index contributed by atoms with van der Waals surface area (Å²) in [6.07, 6.45) is 9.41. The number of rotatable bonds is 5. The number of pyridine rings is 2. The maximum absolute atomic E-state index is 11.5. The molecule has 0 unspecified atom stereocenters. The van der Waals surface area contributed by atoms with Gasteiger partial charge in [0.2, 0.25) is 11.8 Å². The molecule has 4 aromatic heterocycles. The average Bonchev–Trinajstić information content (AvgIpc) is 3.22. The Morgan fingerprint density at radius 3 is 2.97 bits per heavy atom. The van der Waals surface area contributed by atoms with Gasteiger partial charge in [0.15, 0.2) is 5.65 Å². The molecule has 0 aliphatic heterocycles. The van der Waals surface area contributed by atoms with Crippen molar-refractivity contribution in [1.82, 2.24) is 24.9 Å². The van der Waals surface area contributed by atoms with Crippen molar-refractivity contribution in [2.24, 2.45) is 0 Å². The lowest BCUT2D eigenvalue weighted by atomic mass is 10.1. The number of nitrogens with zero attached hydrogens (tertiary/aromatic N) is 4. The highest BCUT2D eigenvalue weighted by atomic mass is 16.5. The van der Waals surface area contributed by atoms with E-state index in [-0.39, 0.29) is 5.91 Å². The molecule has 0 bridgehead atoms. The van der Waals surface area contributed by atoms with Gasteiger partial charge in [-0.15, -0.1) is 0 Å². The second-order valence-electron chi connectivity index (χ2n) is 6.72. The number of carbonyl (C=O) groups is 1. The Morgan fingerprint density at radius 2 is 2.06 bits per heavy atom. The lowest BCUT2D eigenvalue weighted by Crippen LogP contribution is -2.07. The van der Waals surface area contributed by atoms with Crippen molar-refractivity contribution in [1.29, 1.82) is 0 Å². The molecule has 8 heteroatoms. The third kappa shape index (κ3) is 3.69. The maximum atomic E-state index is 11.5. The molecule has 0 radical (unpaired) electrons. The molecule has 0 atom stereocenters. The minimum absolute atomic E-state index is 0.310. The van der Waals surface area contributed by atoms with Gasteiger partial charge in [-0.05, 0) is 29.8 Å². The molecule has 0 aliphatic rings. The van der Waals surface area contributed by atoms with Gasteiger partial charge in [0.05, 0.1) is 29.8 Å². The molecule has 2 N–H and O–H groups in total. The summed E-state index contributed by atoms with van der Waals surface area (Å²) in [5.41, 5.74) is 4.65. The van der Waals surface area contributed by atoms with Crippen molar-refractivity contribution in [3.8, 4) is 22.8 Å². The SMILES string of the molecule is C=CC(=O)Nc1cncc(Oc2cnc3[nH]cc(-c4ccc5ncccc5c4)c3n2)c1.